The maximum atomic E-state index is 12.3. The molecule has 0 saturated carbocycles. The van der Waals surface area contributed by atoms with Crippen LogP contribution in [0.3, 0.4) is 0 Å². The summed E-state index contributed by atoms with van der Waals surface area (Å²) < 4.78 is 32.2. The quantitative estimate of drug-likeness (QED) is 0.775. The molecule has 19 heavy (non-hydrogen) atoms. The first-order chi connectivity index (χ1) is 8.79. The standard InChI is InChI=1S/C13H22N2O3S/c1-9(8-18-4)7-15-19(16,17)13-10(2)5-6-12(14)11(13)3/h5-6,9,15H,7-8,14H2,1-4H3. The van der Waals surface area contributed by atoms with Crippen LogP contribution < -0.4 is 10.5 Å². The SMILES string of the molecule is COCC(C)CNS(=O)(=O)c1c(C)ccc(N)c1C. The number of sulfonamides is 1. The first kappa shape index (κ1) is 15.9. The predicted molar refractivity (Wildman–Crippen MR) is 76.6 cm³/mol. The number of nitrogens with one attached hydrogen (secondary N) is 1. The first-order valence-corrected chi connectivity index (χ1v) is 7.62. The highest BCUT2D eigenvalue weighted by Gasteiger charge is 2.21. The van der Waals surface area contributed by atoms with Crippen LogP contribution in [0, 0.1) is 19.8 Å². The van der Waals surface area contributed by atoms with Crippen molar-refractivity contribution < 1.29 is 13.2 Å². The number of nitrogens with two attached hydrogens (primary N) is 1. The van der Waals surface area contributed by atoms with Gasteiger partial charge in [-0.25, -0.2) is 13.1 Å². The lowest BCUT2D eigenvalue weighted by atomic mass is 10.1. The summed E-state index contributed by atoms with van der Waals surface area (Å²) in [6.07, 6.45) is 0. The van der Waals surface area contributed by atoms with E-state index < -0.39 is 10.0 Å². The molecule has 1 aromatic carbocycles. The average molecular weight is 286 g/mol. The van der Waals surface area contributed by atoms with Crippen LogP contribution in [0.15, 0.2) is 17.0 Å². The zero-order valence-corrected chi connectivity index (χ0v) is 12.7. The van der Waals surface area contributed by atoms with Crippen LogP contribution in [0.25, 0.3) is 0 Å². The topological polar surface area (TPSA) is 81.4 Å². The molecule has 6 heteroatoms. The van der Waals surface area contributed by atoms with Crippen molar-refractivity contribution in [3.63, 3.8) is 0 Å². The van der Waals surface area contributed by atoms with E-state index in [1.807, 2.05) is 6.92 Å². The number of anilines is 1. The monoisotopic (exact) mass is 286 g/mol. The van der Waals surface area contributed by atoms with E-state index in [9.17, 15) is 8.42 Å². The molecule has 0 heterocycles. The number of hydrogen-bond acceptors (Lipinski definition) is 4. The van der Waals surface area contributed by atoms with Crippen molar-refractivity contribution in [3.8, 4) is 0 Å². The molecule has 3 N–H and O–H groups in total. The zero-order valence-electron chi connectivity index (χ0n) is 11.9. The van der Waals surface area contributed by atoms with Crippen LogP contribution in [0.2, 0.25) is 0 Å². The minimum Gasteiger partial charge on any atom is -0.398 e. The predicted octanol–water partition coefficient (Wildman–Crippen LogP) is 1.45. The van der Waals surface area contributed by atoms with Crippen molar-refractivity contribution in [1.29, 1.82) is 0 Å². The van der Waals surface area contributed by atoms with Gasteiger partial charge in [-0.3, -0.25) is 0 Å². The number of hydrogen-bond donors (Lipinski definition) is 2. The third-order valence-corrected chi connectivity index (χ3v) is 4.70. The Morgan fingerprint density at radius 3 is 2.58 bits per heavy atom. The van der Waals surface area contributed by atoms with E-state index in [4.69, 9.17) is 10.5 Å². The molecule has 108 valence electrons. The highest BCUT2D eigenvalue weighted by atomic mass is 32.2. The minimum absolute atomic E-state index is 0.112. The van der Waals surface area contributed by atoms with Crippen LogP contribution >= 0.6 is 0 Å². The molecule has 5 nitrogen and oxygen atoms in total. The maximum Gasteiger partial charge on any atom is 0.241 e. The third-order valence-electron chi connectivity index (χ3n) is 2.99. The molecular weight excluding hydrogens is 264 g/mol. The molecule has 0 bridgehead atoms. The summed E-state index contributed by atoms with van der Waals surface area (Å²) in [5, 5.41) is 0. The van der Waals surface area contributed by atoms with Crippen molar-refractivity contribution in [1.82, 2.24) is 4.72 Å². The molecule has 0 aliphatic carbocycles. The molecule has 0 radical (unpaired) electrons. The summed E-state index contributed by atoms with van der Waals surface area (Å²) in [7, 11) is -1.95. The summed E-state index contributed by atoms with van der Waals surface area (Å²) in [5.41, 5.74) is 7.54. The van der Waals surface area contributed by atoms with Gasteiger partial charge in [0.2, 0.25) is 10.0 Å². The summed E-state index contributed by atoms with van der Waals surface area (Å²) in [5.74, 6) is 0.112. The van der Waals surface area contributed by atoms with E-state index in [2.05, 4.69) is 4.72 Å². The number of benzene rings is 1. The Balaban J connectivity index is 2.98. The molecule has 0 spiro atoms. The Morgan fingerprint density at radius 2 is 2.00 bits per heavy atom. The molecule has 1 atom stereocenters. The van der Waals surface area contributed by atoms with Gasteiger partial charge in [-0.2, -0.15) is 0 Å². The largest absolute Gasteiger partial charge is 0.398 e. The van der Waals surface area contributed by atoms with Gasteiger partial charge in [0.1, 0.15) is 0 Å². The second-order valence-electron chi connectivity index (χ2n) is 4.84. The lowest BCUT2D eigenvalue weighted by Gasteiger charge is -2.16. The Bertz CT molecular complexity index is 541. The molecule has 0 saturated heterocycles. The van der Waals surface area contributed by atoms with Gasteiger partial charge in [-0.15, -0.1) is 0 Å². The van der Waals surface area contributed by atoms with Crippen LogP contribution in [0.1, 0.15) is 18.1 Å². The van der Waals surface area contributed by atoms with E-state index in [0.717, 1.165) is 0 Å². The van der Waals surface area contributed by atoms with E-state index in [1.54, 1.807) is 33.1 Å². The summed E-state index contributed by atoms with van der Waals surface area (Å²) in [6, 6.07) is 3.44. The van der Waals surface area contributed by atoms with Crippen LogP contribution in [-0.2, 0) is 14.8 Å². The van der Waals surface area contributed by atoms with E-state index in [1.165, 1.54) is 0 Å². The van der Waals surface area contributed by atoms with Crippen molar-refractivity contribution in [2.75, 3.05) is 26.0 Å². The first-order valence-electron chi connectivity index (χ1n) is 6.14. The van der Waals surface area contributed by atoms with Gasteiger partial charge in [0.15, 0.2) is 0 Å². The Morgan fingerprint density at radius 1 is 1.37 bits per heavy atom. The lowest BCUT2D eigenvalue weighted by Crippen LogP contribution is -2.31. The van der Waals surface area contributed by atoms with Gasteiger partial charge in [-0.05, 0) is 37.0 Å². The van der Waals surface area contributed by atoms with Crippen molar-refractivity contribution in [3.05, 3.63) is 23.3 Å². The zero-order chi connectivity index (χ0) is 14.6. The molecular formula is C13H22N2O3S. The number of methoxy groups -OCH3 is 1. The fourth-order valence-corrected chi connectivity index (χ4v) is 3.58. The van der Waals surface area contributed by atoms with Gasteiger partial charge < -0.3 is 10.5 Å². The minimum atomic E-state index is -3.54. The van der Waals surface area contributed by atoms with Crippen molar-refractivity contribution in [2.24, 2.45) is 5.92 Å². The summed E-state index contributed by atoms with van der Waals surface area (Å²) in [6.45, 7) is 6.25. The maximum absolute atomic E-state index is 12.3. The number of ether oxygens (including phenoxy) is 1. The van der Waals surface area contributed by atoms with E-state index >= 15 is 0 Å². The van der Waals surface area contributed by atoms with Gasteiger partial charge in [0.25, 0.3) is 0 Å². The summed E-state index contributed by atoms with van der Waals surface area (Å²) in [4.78, 5) is 0.275. The number of nitrogen functional groups attached to an aromatic ring is 1. The van der Waals surface area contributed by atoms with E-state index in [-0.39, 0.29) is 10.8 Å². The number of aryl methyl sites for hydroxylation is 1. The average Bonchev–Trinajstić information content (AvgIpc) is 2.32. The fourth-order valence-electron chi connectivity index (χ4n) is 1.92. The van der Waals surface area contributed by atoms with Crippen molar-refractivity contribution in [2.45, 2.75) is 25.7 Å². The van der Waals surface area contributed by atoms with Crippen molar-refractivity contribution >= 4 is 15.7 Å². The second-order valence-corrected chi connectivity index (χ2v) is 6.54. The van der Waals surface area contributed by atoms with Crippen LogP contribution in [0.4, 0.5) is 5.69 Å². The molecule has 0 amide bonds. The smallest absolute Gasteiger partial charge is 0.241 e. The van der Waals surface area contributed by atoms with Gasteiger partial charge in [-0.1, -0.05) is 13.0 Å². The Hall–Kier alpha value is -1.11. The molecule has 1 rings (SSSR count). The fraction of sp³-hybridized carbons (Fsp3) is 0.538. The molecule has 1 aromatic rings. The molecule has 0 fully saturated rings. The third kappa shape index (κ3) is 3.92. The Kier molecular flexibility index (Phi) is 5.34. The number of rotatable bonds is 6. The molecule has 0 aromatic heterocycles. The lowest BCUT2D eigenvalue weighted by molar-refractivity contribution is 0.161. The van der Waals surface area contributed by atoms with E-state index in [0.29, 0.717) is 30.0 Å². The summed E-state index contributed by atoms with van der Waals surface area (Å²) >= 11 is 0. The normalized spacial score (nSPS) is 13.5. The van der Waals surface area contributed by atoms with Gasteiger partial charge in [0, 0.05) is 25.9 Å². The van der Waals surface area contributed by atoms with Crippen LogP contribution in [-0.4, -0.2) is 28.7 Å². The molecule has 1 unspecified atom stereocenters. The Labute approximate surface area is 115 Å². The highest BCUT2D eigenvalue weighted by molar-refractivity contribution is 7.89. The van der Waals surface area contributed by atoms with Crippen LogP contribution in [0.5, 0.6) is 0 Å². The molecule has 0 aliphatic rings. The highest BCUT2D eigenvalue weighted by Crippen LogP contribution is 2.24. The van der Waals surface area contributed by atoms with Gasteiger partial charge >= 0.3 is 0 Å². The van der Waals surface area contributed by atoms with Gasteiger partial charge in [0.05, 0.1) is 4.90 Å². The second kappa shape index (κ2) is 6.36. The molecule has 0 aliphatic heterocycles.